The number of fused-ring (bicyclic) bond motifs is 1. The molecule has 0 fully saturated rings. The lowest BCUT2D eigenvalue weighted by atomic mass is 10.1. The molecule has 1 aromatic heterocycles. The van der Waals surface area contributed by atoms with Crippen molar-refractivity contribution in [3.05, 3.63) is 70.1 Å². The number of rotatable bonds is 7. The summed E-state index contributed by atoms with van der Waals surface area (Å²) >= 11 is 0. The molecule has 1 amide bonds. The molecule has 148 valence electrons. The zero-order valence-electron chi connectivity index (χ0n) is 15.7. The van der Waals surface area contributed by atoms with Gasteiger partial charge >= 0.3 is 5.69 Å². The number of benzene rings is 2. The molecule has 2 aromatic carbocycles. The molecule has 1 heterocycles. The van der Waals surface area contributed by atoms with Gasteiger partial charge in [-0.25, -0.2) is 17.9 Å². The highest BCUT2D eigenvalue weighted by Gasteiger charge is 2.13. The molecule has 0 spiro atoms. The van der Waals surface area contributed by atoms with E-state index in [1.165, 1.54) is 16.2 Å². The number of aromatic nitrogens is 2. The fraction of sp³-hybridized carbons (Fsp3) is 0.263. The lowest BCUT2D eigenvalue weighted by Gasteiger charge is -2.08. The number of nitrogens with zero attached hydrogens (tertiary/aromatic N) is 2. The molecule has 0 aliphatic rings. The number of aryl methyl sites for hydroxylation is 1. The Balaban J connectivity index is 1.64. The van der Waals surface area contributed by atoms with Gasteiger partial charge in [0.05, 0.1) is 16.8 Å². The summed E-state index contributed by atoms with van der Waals surface area (Å²) in [5.74, 6) is -0.375. The van der Waals surface area contributed by atoms with Crippen molar-refractivity contribution in [1.29, 1.82) is 0 Å². The SMILES string of the molecule is CNS(=O)(=O)Cc1ccc(CNC(=O)Cn2c(=O)n(C)c3ccccc32)cc1. The zero-order valence-corrected chi connectivity index (χ0v) is 16.5. The van der Waals surface area contributed by atoms with E-state index in [-0.39, 0.29) is 30.4 Å². The molecule has 0 bridgehead atoms. The van der Waals surface area contributed by atoms with E-state index < -0.39 is 10.0 Å². The summed E-state index contributed by atoms with van der Waals surface area (Å²) in [7, 11) is -0.269. The molecule has 3 rings (SSSR count). The second-order valence-corrected chi connectivity index (χ2v) is 8.40. The number of sulfonamides is 1. The molecular formula is C19H22N4O4S. The summed E-state index contributed by atoms with van der Waals surface area (Å²) in [6.45, 7) is 0.218. The van der Waals surface area contributed by atoms with Gasteiger partial charge in [0.2, 0.25) is 15.9 Å². The number of hydrogen-bond donors (Lipinski definition) is 2. The standard InChI is InChI=1S/C19H22N4O4S/c1-20-28(26,27)13-15-9-7-14(8-10-15)11-21-18(24)12-23-17-6-4-3-5-16(17)22(2)19(23)25/h3-10,20H,11-13H2,1-2H3,(H,21,24). The van der Waals surface area contributed by atoms with Crippen LogP contribution in [0.3, 0.4) is 0 Å². The second kappa shape index (κ2) is 7.99. The molecule has 9 heteroatoms. The Labute approximate surface area is 162 Å². The summed E-state index contributed by atoms with van der Waals surface area (Å²) in [6.07, 6.45) is 0. The first-order valence-corrected chi connectivity index (χ1v) is 10.4. The second-order valence-electron chi connectivity index (χ2n) is 6.47. The van der Waals surface area contributed by atoms with Crippen molar-refractivity contribution < 1.29 is 13.2 Å². The minimum Gasteiger partial charge on any atom is -0.350 e. The van der Waals surface area contributed by atoms with E-state index >= 15 is 0 Å². The van der Waals surface area contributed by atoms with Crippen molar-refractivity contribution in [2.24, 2.45) is 7.05 Å². The Bertz CT molecular complexity index is 1160. The smallest absolute Gasteiger partial charge is 0.329 e. The number of hydrogen-bond acceptors (Lipinski definition) is 4. The van der Waals surface area contributed by atoms with E-state index in [2.05, 4.69) is 10.0 Å². The fourth-order valence-corrected chi connectivity index (χ4v) is 3.74. The van der Waals surface area contributed by atoms with Crippen molar-refractivity contribution in [3.8, 4) is 0 Å². The monoisotopic (exact) mass is 402 g/mol. The third-order valence-corrected chi connectivity index (χ3v) is 5.87. The van der Waals surface area contributed by atoms with Crippen molar-refractivity contribution in [2.75, 3.05) is 7.05 Å². The Morgan fingerprint density at radius 1 is 1.00 bits per heavy atom. The van der Waals surface area contributed by atoms with Gasteiger partial charge in [-0.15, -0.1) is 0 Å². The van der Waals surface area contributed by atoms with Crippen LogP contribution in [-0.4, -0.2) is 30.5 Å². The quantitative estimate of drug-likeness (QED) is 0.607. The van der Waals surface area contributed by atoms with Gasteiger partial charge in [-0.05, 0) is 30.3 Å². The van der Waals surface area contributed by atoms with E-state index in [9.17, 15) is 18.0 Å². The maximum Gasteiger partial charge on any atom is 0.329 e. The summed E-state index contributed by atoms with van der Waals surface area (Å²) in [5.41, 5.74) is 2.73. The van der Waals surface area contributed by atoms with Crippen LogP contribution in [0.4, 0.5) is 0 Å². The van der Waals surface area contributed by atoms with Crippen molar-refractivity contribution in [1.82, 2.24) is 19.2 Å². The fourth-order valence-electron chi connectivity index (χ4n) is 2.96. The molecular weight excluding hydrogens is 380 g/mol. The highest BCUT2D eigenvalue weighted by atomic mass is 32.2. The van der Waals surface area contributed by atoms with Crippen LogP contribution in [0.15, 0.2) is 53.3 Å². The number of imidazole rings is 1. The lowest BCUT2D eigenvalue weighted by molar-refractivity contribution is -0.121. The first kappa shape index (κ1) is 19.8. The van der Waals surface area contributed by atoms with Gasteiger partial charge in [0.25, 0.3) is 0 Å². The van der Waals surface area contributed by atoms with Crippen LogP contribution in [0, 0.1) is 0 Å². The molecule has 0 saturated heterocycles. The number of carbonyl (C=O) groups excluding carboxylic acids is 1. The average Bonchev–Trinajstić information content (AvgIpc) is 2.92. The number of para-hydroxylation sites is 2. The maximum atomic E-state index is 12.4. The van der Waals surface area contributed by atoms with Crippen LogP contribution in [0.1, 0.15) is 11.1 Å². The van der Waals surface area contributed by atoms with Gasteiger partial charge in [-0.2, -0.15) is 0 Å². The van der Waals surface area contributed by atoms with E-state index in [1.54, 1.807) is 31.3 Å². The van der Waals surface area contributed by atoms with Crippen LogP contribution in [0.5, 0.6) is 0 Å². The summed E-state index contributed by atoms with van der Waals surface area (Å²) < 4.78 is 28.4. The highest BCUT2D eigenvalue weighted by molar-refractivity contribution is 7.88. The predicted molar refractivity (Wildman–Crippen MR) is 107 cm³/mol. The van der Waals surface area contributed by atoms with Gasteiger partial charge in [-0.3, -0.25) is 13.9 Å². The molecule has 0 aliphatic carbocycles. The van der Waals surface area contributed by atoms with Gasteiger partial charge in [0, 0.05) is 13.6 Å². The Morgan fingerprint density at radius 3 is 2.25 bits per heavy atom. The summed E-state index contributed by atoms with van der Waals surface area (Å²) in [4.78, 5) is 24.7. The third-order valence-electron chi connectivity index (χ3n) is 4.53. The molecule has 0 atom stereocenters. The number of carbonyl (C=O) groups is 1. The van der Waals surface area contributed by atoms with Crippen molar-refractivity contribution >= 4 is 27.0 Å². The third kappa shape index (κ3) is 4.32. The Kier molecular flexibility index (Phi) is 5.66. The molecule has 2 N–H and O–H groups in total. The van der Waals surface area contributed by atoms with Crippen molar-refractivity contribution in [3.63, 3.8) is 0 Å². The van der Waals surface area contributed by atoms with Crippen LogP contribution >= 0.6 is 0 Å². The van der Waals surface area contributed by atoms with E-state index in [1.807, 2.05) is 24.3 Å². The first-order valence-electron chi connectivity index (χ1n) is 8.71. The molecule has 0 unspecified atom stereocenters. The molecule has 8 nitrogen and oxygen atoms in total. The van der Waals surface area contributed by atoms with E-state index in [0.29, 0.717) is 11.1 Å². The van der Waals surface area contributed by atoms with Crippen LogP contribution in [0.2, 0.25) is 0 Å². The highest BCUT2D eigenvalue weighted by Crippen LogP contribution is 2.11. The van der Waals surface area contributed by atoms with Crippen molar-refractivity contribution in [2.45, 2.75) is 18.8 Å². The van der Waals surface area contributed by atoms with Gasteiger partial charge < -0.3 is 5.32 Å². The number of nitrogens with one attached hydrogen (secondary N) is 2. The van der Waals surface area contributed by atoms with E-state index in [0.717, 1.165) is 11.1 Å². The maximum absolute atomic E-state index is 12.4. The minimum atomic E-state index is -3.32. The van der Waals surface area contributed by atoms with Crippen LogP contribution < -0.4 is 15.7 Å². The Morgan fingerprint density at radius 2 is 1.61 bits per heavy atom. The number of amides is 1. The molecule has 0 saturated carbocycles. The first-order chi connectivity index (χ1) is 13.3. The summed E-state index contributed by atoms with van der Waals surface area (Å²) in [5, 5.41) is 2.79. The van der Waals surface area contributed by atoms with Crippen LogP contribution in [0.25, 0.3) is 11.0 Å². The van der Waals surface area contributed by atoms with Gasteiger partial charge in [0.15, 0.2) is 0 Å². The van der Waals surface area contributed by atoms with Crippen LogP contribution in [-0.2, 0) is 40.7 Å². The summed E-state index contributed by atoms with van der Waals surface area (Å²) in [6, 6.07) is 14.3. The minimum absolute atomic E-state index is 0.0708. The molecule has 0 radical (unpaired) electrons. The van der Waals surface area contributed by atoms with Gasteiger partial charge in [0.1, 0.15) is 6.54 Å². The normalized spacial score (nSPS) is 11.6. The Hall–Kier alpha value is -2.91. The average molecular weight is 402 g/mol. The predicted octanol–water partition coefficient (Wildman–Crippen LogP) is 0.706. The topological polar surface area (TPSA) is 102 Å². The lowest BCUT2D eigenvalue weighted by Crippen LogP contribution is -2.32. The zero-order chi connectivity index (χ0) is 20.3. The molecule has 3 aromatic rings. The van der Waals surface area contributed by atoms with E-state index in [4.69, 9.17) is 0 Å². The van der Waals surface area contributed by atoms with Gasteiger partial charge in [-0.1, -0.05) is 36.4 Å². The molecule has 28 heavy (non-hydrogen) atoms. The largest absolute Gasteiger partial charge is 0.350 e. The molecule has 0 aliphatic heterocycles.